The molecule has 3 aromatic heterocycles. The van der Waals surface area contributed by atoms with Crippen molar-refractivity contribution in [3.63, 3.8) is 0 Å². The number of anilines is 2. The summed E-state index contributed by atoms with van der Waals surface area (Å²) in [6.07, 6.45) is 6.95. The monoisotopic (exact) mass is 441 g/mol. The van der Waals surface area contributed by atoms with Crippen LogP contribution in [0.4, 0.5) is 11.5 Å². The summed E-state index contributed by atoms with van der Waals surface area (Å²) < 4.78 is 5.37. The maximum Gasteiger partial charge on any atom is 0.253 e. The van der Waals surface area contributed by atoms with E-state index in [0.717, 1.165) is 40.6 Å². The summed E-state index contributed by atoms with van der Waals surface area (Å²) in [5.74, 6) is 6.77. The smallest absolute Gasteiger partial charge is 0.253 e. The zero-order chi connectivity index (χ0) is 22.9. The van der Waals surface area contributed by atoms with E-state index in [1.54, 1.807) is 29.6 Å². The Labute approximate surface area is 191 Å². The van der Waals surface area contributed by atoms with E-state index in [4.69, 9.17) is 4.74 Å². The van der Waals surface area contributed by atoms with Gasteiger partial charge in [-0.3, -0.25) is 14.6 Å². The van der Waals surface area contributed by atoms with Crippen molar-refractivity contribution in [2.24, 2.45) is 5.92 Å². The highest BCUT2D eigenvalue weighted by molar-refractivity contribution is 5.97. The summed E-state index contributed by atoms with van der Waals surface area (Å²) in [4.78, 5) is 39.1. The molecule has 1 aliphatic heterocycles. The lowest BCUT2D eigenvalue weighted by Crippen LogP contribution is -2.45. The zero-order valence-corrected chi connectivity index (χ0v) is 18.5. The predicted octanol–water partition coefficient (Wildman–Crippen LogP) is 2.83. The number of ether oxygens (including phenoxy) is 1. The summed E-state index contributed by atoms with van der Waals surface area (Å²) in [6, 6.07) is 5.48. The highest BCUT2D eigenvalue weighted by atomic mass is 16.5. The molecule has 0 radical (unpaired) electrons. The van der Waals surface area contributed by atoms with Gasteiger partial charge >= 0.3 is 0 Å². The normalized spacial score (nSPS) is 18.1. The first-order chi connectivity index (χ1) is 16.0. The van der Waals surface area contributed by atoms with Crippen LogP contribution in [-0.2, 0) is 14.3 Å². The molecule has 1 unspecified atom stereocenters. The van der Waals surface area contributed by atoms with Crippen molar-refractivity contribution in [1.29, 1.82) is 0 Å². The van der Waals surface area contributed by atoms with Gasteiger partial charge in [0.15, 0.2) is 0 Å². The fourth-order valence-electron chi connectivity index (χ4n) is 3.71. The highest BCUT2D eigenvalue weighted by Gasteiger charge is 2.30. The molecule has 4 heterocycles. The Hall–Kier alpha value is -3.83. The second-order valence-electron chi connectivity index (χ2n) is 8.41. The SMILES string of the molecule is Cc1ncc(C#Cc2ccc(N3CC(C)OCC3=O)cn2)c2cc(NC(=O)C3CC3)ncc12. The van der Waals surface area contributed by atoms with E-state index in [1.807, 2.05) is 26.0 Å². The van der Waals surface area contributed by atoms with Crippen molar-refractivity contribution in [1.82, 2.24) is 15.0 Å². The molecule has 2 fully saturated rings. The Morgan fingerprint density at radius 3 is 2.73 bits per heavy atom. The Kier molecular flexibility index (Phi) is 5.48. The first-order valence-electron chi connectivity index (χ1n) is 10.9. The number of aromatic nitrogens is 3. The van der Waals surface area contributed by atoms with Gasteiger partial charge in [-0.05, 0) is 50.8 Å². The average Bonchev–Trinajstić information content (AvgIpc) is 3.66. The molecular weight excluding hydrogens is 418 g/mol. The van der Waals surface area contributed by atoms with Gasteiger partial charge in [0.25, 0.3) is 5.91 Å². The molecule has 0 bridgehead atoms. The maximum absolute atomic E-state index is 12.1. The first-order valence-corrected chi connectivity index (χ1v) is 10.9. The van der Waals surface area contributed by atoms with E-state index in [1.165, 1.54) is 0 Å². The van der Waals surface area contributed by atoms with Crippen molar-refractivity contribution in [3.05, 3.63) is 53.7 Å². The van der Waals surface area contributed by atoms with Crippen LogP contribution in [0.5, 0.6) is 0 Å². The van der Waals surface area contributed by atoms with Crippen molar-refractivity contribution in [3.8, 4) is 11.8 Å². The van der Waals surface area contributed by atoms with Gasteiger partial charge in [0.1, 0.15) is 18.1 Å². The summed E-state index contributed by atoms with van der Waals surface area (Å²) in [6.45, 7) is 4.43. The van der Waals surface area contributed by atoms with Gasteiger partial charge < -0.3 is 15.0 Å². The maximum atomic E-state index is 12.1. The number of rotatable bonds is 3. The van der Waals surface area contributed by atoms with Gasteiger partial charge in [-0.2, -0.15) is 0 Å². The molecular formula is C25H23N5O3. The number of pyridine rings is 3. The van der Waals surface area contributed by atoms with Crippen LogP contribution in [0.15, 0.2) is 36.8 Å². The lowest BCUT2D eigenvalue weighted by Gasteiger charge is -2.30. The third kappa shape index (κ3) is 4.54. The molecule has 33 heavy (non-hydrogen) atoms. The lowest BCUT2D eigenvalue weighted by molar-refractivity contribution is -0.128. The van der Waals surface area contributed by atoms with Crippen molar-refractivity contribution in [2.45, 2.75) is 32.8 Å². The molecule has 2 amide bonds. The number of hydrogen-bond acceptors (Lipinski definition) is 6. The summed E-state index contributed by atoms with van der Waals surface area (Å²) in [5.41, 5.74) is 2.88. The third-order valence-electron chi connectivity index (χ3n) is 5.79. The topological polar surface area (TPSA) is 97.3 Å². The van der Waals surface area contributed by atoms with Gasteiger partial charge in [-0.15, -0.1) is 0 Å². The van der Waals surface area contributed by atoms with E-state index in [9.17, 15) is 9.59 Å². The number of nitrogens with one attached hydrogen (secondary N) is 1. The van der Waals surface area contributed by atoms with Gasteiger partial charge in [0.2, 0.25) is 5.91 Å². The van der Waals surface area contributed by atoms with E-state index in [2.05, 4.69) is 32.1 Å². The van der Waals surface area contributed by atoms with Crippen molar-refractivity contribution >= 4 is 34.1 Å². The minimum atomic E-state index is -0.0795. The highest BCUT2D eigenvalue weighted by Crippen LogP contribution is 2.30. The van der Waals surface area contributed by atoms with E-state index in [0.29, 0.717) is 18.1 Å². The molecule has 2 aliphatic rings. The Balaban J connectivity index is 1.41. The molecule has 8 nitrogen and oxygen atoms in total. The second kappa shape index (κ2) is 8.60. The number of aryl methyl sites for hydroxylation is 1. The number of fused-ring (bicyclic) bond motifs is 1. The van der Waals surface area contributed by atoms with Crippen LogP contribution in [0, 0.1) is 24.7 Å². The fraction of sp³-hybridized carbons (Fsp3) is 0.320. The summed E-state index contributed by atoms with van der Waals surface area (Å²) in [7, 11) is 0. The van der Waals surface area contributed by atoms with Crippen molar-refractivity contribution < 1.29 is 14.3 Å². The molecule has 8 heteroatoms. The van der Waals surface area contributed by atoms with Gasteiger partial charge in [-0.25, -0.2) is 9.97 Å². The minimum Gasteiger partial charge on any atom is -0.367 e. The molecule has 1 atom stereocenters. The molecule has 5 rings (SSSR count). The summed E-state index contributed by atoms with van der Waals surface area (Å²) >= 11 is 0. The predicted molar refractivity (Wildman–Crippen MR) is 124 cm³/mol. The zero-order valence-electron chi connectivity index (χ0n) is 18.5. The van der Waals surface area contributed by atoms with E-state index < -0.39 is 0 Å². The Morgan fingerprint density at radius 2 is 1.97 bits per heavy atom. The van der Waals surface area contributed by atoms with Gasteiger partial charge in [0, 0.05) is 34.8 Å². The number of nitrogens with zero attached hydrogens (tertiary/aromatic N) is 4. The number of carbonyl (C=O) groups excluding carboxylic acids is 2. The van der Waals surface area contributed by atoms with Crippen LogP contribution in [0.25, 0.3) is 10.8 Å². The number of amides is 2. The molecule has 0 aromatic carbocycles. The summed E-state index contributed by atoms with van der Waals surface area (Å²) in [5, 5.41) is 4.65. The number of carbonyl (C=O) groups is 2. The van der Waals surface area contributed by atoms with Crippen molar-refractivity contribution in [2.75, 3.05) is 23.4 Å². The molecule has 1 N–H and O–H groups in total. The Bertz CT molecular complexity index is 1310. The van der Waals surface area contributed by atoms with Gasteiger partial charge in [-0.1, -0.05) is 5.92 Å². The molecule has 1 aliphatic carbocycles. The quantitative estimate of drug-likeness (QED) is 0.628. The van der Waals surface area contributed by atoms with Crippen LogP contribution in [-0.4, -0.2) is 46.0 Å². The Morgan fingerprint density at radius 1 is 1.12 bits per heavy atom. The third-order valence-corrected chi connectivity index (χ3v) is 5.79. The molecule has 166 valence electrons. The van der Waals surface area contributed by atoms with E-state index in [-0.39, 0.29) is 30.4 Å². The average molecular weight is 441 g/mol. The fourth-order valence-corrected chi connectivity index (χ4v) is 3.71. The second-order valence-corrected chi connectivity index (χ2v) is 8.41. The van der Waals surface area contributed by atoms with Crippen LogP contribution < -0.4 is 10.2 Å². The first kappa shape index (κ1) is 21.0. The minimum absolute atomic E-state index is 0.0118. The van der Waals surface area contributed by atoms with Crippen LogP contribution in [0.3, 0.4) is 0 Å². The standard InChI is InChI=1S/C25H23N5O3/c1-15-13-30(24(31)14-33-15)20-8-7-19(27-11-20)6-5-18-10-26-16(2)22-12-28-23(9-21(18)22)29-25(32)17-3-4-17/h7-12,15,17H,3-4,13-14H2,1-2H3,(H,28,29,32). The lowest BCUT2D eigenvalue weighted by atomic mass is 10.1. The van der Waals surface area contributed by atoms with Crippen LogP contribution in [0.1, 0.15) is 36.7 Å². The van der Waals surface area contributed by atoms with Crippen LogP contribution >= 0.6 is 0 Å². The van der Waals surface area contributed by atoms with Crippen LogP contribution in [0.2, 0.25) is 0 Å². The van der Waals surface area contributed by atoms with E-state index >= 15 is 0 Å². The van der Waals surface area contributed by atoms with Gasteiger partial charge in [0.05, 0.1) is 30.1 Å². The number of hydrogen-bond donors (Lipinski definition) is 1. The molecule has 0 spiro atoms. The largest absolute Gasteiger partial charge is 0.367 e. The molecule has 1 saturated heterocycles. The molecule has 1 saturated carbocycles. The number of morpholine rings is 1. The molecule has 3 aromatic rings.